The van der Waals surface area contributed by atoms with Crippen LogP contribution >= 0.6 is 11.6 Å². The summed E-state index contributed by atoms with van der Waals surface area (Å²) >= 11 is 5.74. The fourth-order valence-electron chi connectivity index (χ4n) is 3.95. The lowest BCUT2D eigenvalue weighted by molar-refractivity contribution is 0.202. The average Bonchev–Trinajstić information content (AvgIpc) is 2.83. The van der Waals surface area contributed by atoms with E-state index in [0.29, 0.717) is 30.4 Å². The number of rotatable bonds is 9. The number of benzene rings is 3. The van der Waals surface area contributed by atoms with E-state index in [1.807, 2.05) is 36.5 Å². The molecule has 4 aromatic rings. The van der Waals surface area contributed by atoms with Crippen LogP contribution in [0.25, 0.3) is 10.8 Å². The van der Waals surface area contributed by atoms with Gasteiger partial charge >= 0.3 is 0 Å². The third kappa shape index (κ3) is 5.95. The molecule has 0 unspecified atom stereocenters. The summed E-state index contributed by atoms with van der Waals surface area (Å²) in [5.41, 5.74) is 4.78. The molecule has 0 radical (unpaired) electrons. The van der Waals surface area contributed by atoms with E-state index in [1.165, 1.54) is 17.7 Å². The van der Waals surface area contributed by atoms with Crippen LogP contribution in [0.15, 0.2) is 66.9 Å². The molecule has 0 atom stereocenters. The summed E-state index contributed by atoms with van der Waals surface area (Å²) in [5.74, 6) is -0.653. The number of hydrogen-bond donors (Lipinski definition) is 0. The number of nitrogens with zero attached hydrogens (tertiary/aromatic N) is 1. The molecule has 0 spiro atoms. The van der Waals surface area contributed by atoms with Crippen LogP contribution in [0.1, 0.15) is 27.9 Å². The Hall–Kier alpha value is -2.82. The van der Waals surface area contributed by atoms with Crippen LogP contribution in [0.3, 0.4) is 0 Å². The van der Waals surface area contributed by atoms with E-state index in [4.69, 9.17) is 16.3 Å². The summed E-state index contributed by atoms with van der Waals surface area (Å²) < 4.78 is 33.9. The van der Waals surface area contributed by atoms with Crippen molar-refractivity contribution in [3.63, 3.8) is 0 Å². The lowest BCUT2D eigenvalue weighted by atomic mass is 9.98. The molecule has 0 aliphatic carbocycles. The summed E-state index contributed by atoms with van der Waals surface area (Å²) in [6.45, 7) is 0.691. The summed E-state index contributed by atoms with van der Waals surface area (Å²) in [5, 5.41) is 1.59. The molecular weight excluding hydrogens is 440 g/mol. The Morgan fingerprint density at radius 1 is 0.788 bits per heavy atom. The van der Waals surface area contributed by atoms with Crippen molar-refractivity contribution < 1.29 is 13.5 Å². The maximum absolute atomic E-state index is 15.1. The van der Waals surface area contributed by atoms with Gasteiger partial charge in [0.15, 0.2) is 0 Å². The van der Waals surface area contributed by atoms with E-state index in [9.17, 15) is 4.39 Å². The predicted octanol–water partition coefficient (Wildman–Crippen LogP) is 6.93. The molecule has 0 saturated heterocycles. The molecular formula is C28H26ClF2NO. The summed E-state index contributed by atoms with van der Waals surface area (Å²) in [7, 11) is 1.70. The van der Waals surface area contributed by atoms with E-state index < -0.39 is 5.82 Å². The fraction of sp³-hybridized carbons (Fsp3) is 0.250. The predicted molar refractivity (Wildman–Crippen MR) is 130 cm³/mol. The SMILES string of the molecule is COCCc1ccc(CCc2ccc3c(F)c(CCc4ccc(Cl)c(F)c4)ccc3c2)nc1. The zero-order valence-corrected chi connectivity index (χ0v) is 19.3. The van der Waals surface area contributed by atoms with Gasteiger partial charge in [-0.25, -0.2) is 8.78 Å². The van der Waals surface area contributed by atoms with Crippen LogP contribution in [0.2, 0.25) is 5.02 Å². The summed E-state index contributed by atoms with van der Waals surface area (Å²) in [6, 6.07) is 18.6. The van der Waals surface area contributed by atoms with Crippen molar-refractivity contribution >= 4 is 22.4 Å². The summed E-state index contributed by atoms with van der Waals surface area (Å²) in [6.07, 6.45) is 5.48. The van der Waals surface area contributed by atoms with Crippen LogP contribution in [0.5, 0.6) is 0 Å². The van der Waals surface area contributed by atoms with Gasteiger partial charge in [0, 0.05) is 24.4 Å². The minimum absolute atomic E-state index is 0.0984. The number of aromatic nitrogens is 1. The zero-order valence-electron chi connectivity index (χ0n) is 18.6. The number of aryl methyl sites for hydroxylation is 4. The highest BCUT2D eigenvalue weighted by Gasteiger charge is 2.10. The van der Waals surface area contributed by atoms with Crippen molar-refractivity contribution in [3.05, 3.63) is 111 Å². The van der Waals surface area contributed by atoms with Gasteiger partial charge in [0.2, 0.25) is 0 Å². The van der Waals surface area contributed by atoms with Crippen molar-refractivity contribution in [2.75, 3.05) is 13.7 Å². The molecule has 170 valence electrons. The Morgan fingerprint density at radius 3 is 2.30 bits per heavy atom. The maximum Gasteiger partial charge on any atom is 0.142 e. The second-order valence-corrected chi connectivity index (χ2v) is 8.65. The molecule has 2 nitrogen and oxygen atoms in total. The Balaban J connectivity index is 1.41. The minimum Gasteiger partial charge on any atom is -0.384 e. The molecule has 1 aromatic heterocycles. The van der Waals surface area contributed by atoms with Gasteiger partial charge in [0.05, 0.1) is 11.6 Å². The Labute approximate surface area is 198 Å². The lowest BCUT2D eigenvalue weighted by Crippen LogP contribution is -1.99. The molecule has 0 amide bonds. The smallest absolute Gasteiger partial charge is 0.142 e. The van der Waals surface area contributed by atoms with Gasteiger partial charge in [-0.1, -0.05) is 54.1 Å². The average molecular weight is 466 g/mol. The van der Waals surface area contributed by atoms with Gasteiger partial charge in [0.1, 0.15) is 11.6 Å². The second-order valence-electron chi connectivity index (χ2n) is 8.24. The fourth-order valence-corrected chi connectivity index (χ4v) is 4.07. The molecule has 0 bridgehead atoms. The van der Waals surface area contributed by atoms with Crippen molar-refractivity contribution in [1.82, 2.24) is 4.98 Å². The van der Waals surface area contributed by atoms with Crippen molar-refractivity contribution in [2.24, 2.45) is 0 Å². The third-order valence-electron chi connectivity index (χ3n) is 5.92. The van der Waals surface area contributed by atoms with Crippen LogP contribution in [-0.4, -0.2) is 18.7 Å². The number of hydrogen-bond acceptors (Lipinski definition) is 2. The Morgan fingerprint density at radius 2 is 1.55 bits per heavy atom. The molecule has 0 N–H and O–H groups in total. The van der Waals surface area contributed by atoms with Gasteiger partial charge in [-0.3, -0.25) is 4.98 Å². The quantitative estimate of drug-likeness (QED) is 0.267. The van der Waals surface area contributed by atoms with E-state index in [2.05, 4.69) is 17.1 Å². The second kappa shape index (κ2) is 10.9. The molecule has 4 rings (SSSR count). The van der Waals surface area contributed by atoms with Crippen LogP contribution in [0.4, 0.5) is 8.78 Å². The van der Waals surface area contributed by atoms with Gasteiger partial charge < -0.3 is 4.74 Å². The monoisotopic (exact) mass is 465 g/mol. The molecule has 0 aliphatic heterocycles. The number of pyridine rings is 1. The number of halogens is 3. The van der Waals surface area contributed by atoms with Gasteiger partial charge in [0.25, 0.3) is 0 Å². The highest BCUT2D eigenvalue weighted by atomic mass is 35.5. The molecule has 3 aromatic carbocycles. The third-order valence-corrected chi connectivity index (χ3v) is 6.22. The first kappa shape index (κ1) is 23.3. The topological polar surface area (TPSA) is 22.1 Å². The first-order valence-electron chi connectivity index (χ1n) is 11.1. The van der Waals surface area contributed by atoms with Crippen molar-refractivity contribution in [3.8, 4) is 0 Å². The van der Waals surface area contributed by atoms with E-state index in [1.54, 1.807) is 13.2 Å². The van der Waals surface area contributed by atoms with Crippen LogP contribution < -0.4 is 0 Å². The normalized spacial score (nSPS) is 11.3. The van der Waals surface area contributed by atoms with Gasteiger partial charge in [-0.2, -0.15) is 0 Å². The van der Waals surface area contributed by atoms with Crippen LogP contribution in [0, 0.1) is 11.6 Å². The molecule has 33 heavy (non-hydrogen) atoms. The molecule has 0 aliphatic rings. The molecule has 0 fully saturated rings. The van der Waals surface area contributed by atoms with Crippen molar-refractivity contribution in [1.29, 1.82) is 0 Å². The number of methoxy groups -OCH3 is 1. The maximum atomic E-state index is 15.1. The van der Waals surface area contributed by atoms with Crippen molar-refractivity contribution in [2.45, 2.75) is 32.1 Å². The Kier molecular flexibility index (Phi) is 7.69. The molecule has 5 heteroatoms. The number of fused-ring (bicyclic) bond motifs is 1. The highest BCUT2D eigenvalue weighted by Crippen LogP contribution is 2.25. The minimum atomic E-state index is -0.446. The summed E-state index contributed by atoms with van der Waals surface area (Å²) in [4.78, 5) is 4.54. The largest absolute Gasteiger partial charge is 0.384 e. The highest BCUT2D eigenvalue weighted by molar-refractivity contribution is 6.30. The Bertz CT molecular complexity index is 1240. The van der Waals surface area contributed by atoms with E-state index in [0.717, 1.165) is 41.5 Å². The standard InChI is InChI=1S/C28H26ClF2NO/c1-33-15-14-21-4-11-24(32-18-21)10-3-19-5-12-25-23(16-19)9-8-22(28(25)31)7-2-20-6-13-26(29)27(30)17-20/h4-6,8-9,11-13,16-18H,2-3,7,10,14-15H2,1H3. The number of ether oxygens (including phenoxy) is 1. The first-order chi connectivity index (χ1) is 16.0. The van der Waals surface area contributed by atoms with Crippen LogP contribution in [-0.2, 0) is 36.8 Å². The van der Waals surface area contributed by atoms with E-state index >= 15 is 4.39 Å². The lowest BCUT2D eigenvalue weighted by Gasteiger charge is -2.09. The molecule has 0 saturated carbocycles. The molecule has 1 heterocycles. The van der Waals surface area contributed by atoms with Gasteiger partial charge in [-0.15, -0.1) is 0 Å². The van der Waals surface area contributed by atoms with Gasteiger partial charge in [-0.05, 0) is 77.9 Å². The van der Waals surface area contributed by atoms with E-state index in [-0.39, 0.29) is 10.8 Å². The zero-order chi connectivity index (χ0) is 23.2. The first-order valence-corrected chi connectivity index (χ1v) is 11.5.